The molecule has 0 fully saturated rings. The molecular weight excluding hydrogens is 281 g/mol. The second-order valence-electron chi connectivity index (χ2n) is 4.51. The summed E-state index contributed by atoms with van der Waals surface area (Å²) in [5.41, 5.74) is 1.48. The van der Waals surface area contributed by atoms with E-state index in [1.807, 2.05) is 6.07 Å². The van der Waals surface area contributed by atoms with Crippen LogP contribution in [0, 0.1) is 5.82 Å². The predicted molar refractivity (Wildman–Crippen MR) is 75.6 cm³/mol. The number of hydrogen-bond donors (Lipinski definition) is 1. The van der Waals surface area contributed by atoms with Crippen LogP contribution >= 0.6 is 11.6 Å². The van der Waals surface area contributed by atoms with Gasteiger partial charge in [0.1, 0.15) is 5.82 Å². The SMILES string of the molecule is COc1ccc(CC(O)Cc2cc(F)ccc2Cl)cn1. The summed E-state index contributed by atoms with van der Waals surface area (Å²) in [7, 11) is 1.54. The van der Waals surface area contributed by atoms with Crippen molar-refractivity contribution in [1.82, 2.24) is 4.98 Å². The van der Waals surface area contributed by atoms with Crippen molar-refractivity contribution in [3.8, 4) is 5.88 Å². The molecule has 1 aromatic carbocycles. The minimum atomic E-state index is -0.649. The average Bonchev–Trinajstić information content (AvgIpc) is 2.43. The van der Waals surface area contributed by atoms with E-state index in [4.69, 9.17) is 16.3 Å². The lowest BCUT2D eigenvalue weighted by Gasteiger charge is -2.12. The van der Waals surface area contributed by atoms with Gasteiger partial charge in [0.05, 0.1) is 13.2 Å². The van der Waals surface area contributed by atoms with Gasteiger partial charge in [-0.05, 0) is 29.3 Å². The fourth-order valence-electron chi connectivity index (χ4n) is 1.95. The van der Waals surface area contributed by atoms with Gasteiger partial charge < -0.3 is 9.84 Å². The van der Waals surface area contributed by atoms with E-state index in [1.54, 1.807) is 19.4 Å². The Morgan fingerprint density at radius 2 is 2.10 bits per heavy atom. The third kappa shape index (κ3) is 3.92. The minimum Gasteiger partial charge on any atom is -0.481 e. The number of rotatable bonds is 5. The number of nitrogens with zero attached hydrogens (tertiary/aromatic N) is 1. The Labute approximate surface area is 122 Å². The van der Waals surface area contributed by atoms with E-state index in [1.165, 1.54) is 18.2 Å². The number of aliphatic hydroxyl groups is 1. The van der Waals surface area contributed by atoms with E-state index in [9.17, 15) is 9.50 Å². The molecule has 0 spiro atoms. The number of aliphatic hydroxyl groups excluding tert-OH is 1. The standard InChI is InChI=1S/C15H15ClFNO2/c1-20-15-5-2-10(9-18-15)6-13(19)8-11-7-12(17)3-4-14(11)16/h2-5,7,9,13,19H,6,8H2,1H3. The van der Waals surface area contributed by atoms with Gasteiger partial charge in [-0.2, -0.15) is 0 Å². The highest BCUT2D eigenvalue weighted by molar-refractivity contribution is 6.31. The molecule has 0 saturated carbocycles. The van der Waals surface area contributed by atoms with E-state index >= 15 is 0 Å². The molecule has 0 saturated heterocycles. The average molecular weight is 296 g/mol. The lowest BCUT2D eigenvalue weighted by Crippen LogP contribution is -2.14. The van der Waals surface area contributed by atoms with Crippen molar-refractivity contribution in [2.75, 3.05) is 7.11 Å². The highest BCUT2D eigenvalue weighted by Crippen LogP contribution is 2.20. The number of pyridine rings is 1. The van der Waals surface area contributed by atoms with Gasteiger partial charge in [-0.25, -0.2) is 9.37 Å². The summed E-state index contributed by atoms with van der Waals surface area (Å²) in [4.78, 5) is 4.07. The molecule has 1 aromatic heterocycles. The molecule has 1 heterocycles. The zero-order valence-corrected chi connectivity index (χ0v) is 11.8. The first-order chi connectivity index (χ1) is 9.58. The number of methoxy groups -OCH3 is 1. The lowest BCUT2D eigenvalue weighted by atomic mass is 10.0. The van der Waals surface area contributed by atoms with Crippen LogP contribution < -0.4 is 4.74 Å². The third-order valence-corrected chi connectivity index (χ3v) is 3.31. The van der Waals surface area contributed by atoms with Crippen LogP contribution in [0.5, 0.6) is 5.88 Å². The maximum Gasteiger partial charge on any atom is 0.212 e. The summed E-state index contributed by atoms with van der Waals surface area (Å²) in [6.45, 7) is 0. The van der Waals surface area contributed by atoms with Crippen molar-refractivity contribution < 1.29 is 14.2 Å². The number of halogens is 2. The molecule has 20 heavy (non-hydrogen) atoms. The second-order valence-corrected chi connectivity index (χ2v) is 4.91. The fraction of sp³-hybridized carbons (Fsp3) is 0.267. The van der Waals surface area contributed by atoms with E-state index in [0.29, 0.717) is 29.3 Å². The molecule has 106 valence electrons. The van der Waals surface area contributed by atoms with Gasteiger partial charge in [-0.15, -0.1) is 0 Å². The summed E-state index contributed by atoms with van der Waals surface area (Å²) in [5.74, 6) is 0.166. The Hall–Kier alpha value is -1.65. The molecule has 0 radical (unpaired) electrons. The monoisotopic (exact) mass is 295 g/mol. The molecule has 1 unspecified atom stereocenters. The van der Waals surface area contributed by atoms with Crippen LogP contribution in [-0.4, -0.2) is 23.3 Å². The molecule has 0 aliphatic rings. The van der Waals surface area contributed by atoms with E-state index in [-0.39, 0.29) is 5.82 Å². The van der Waals surface area contributed by atoms with Gasteiger partial charge in [0.25, 0.3) is 0 Å². The lowest BCUT2D eigenvalue weighted by molar-refractivity contribution is 0.175. The zero-order valence-electron chi connectivity index (χ0n) is 11.0. The smallest absolute Gasteiger partial charge is 0.212 e. The Bertz CT molecular complexity index is 575. The van der Waals surface area contributed by atoms with Crippen LogP contribution in [0.25, 0.3) is 0 Å². The van der Waals surface area contributed by atoms with Gasteiger partial charge in [-0.1, -0.05) is 17.7 Å². The van der Waals surface area contributed by atoms with Crippen molar-refractivity contribution in [2.45, 2.75) is 18.9 Å². The summed E-state index contributed by atoms with van der Waals surface area (Å²) >= 11 is 5.98. The van der Waals surface area contributed by atoms with Crippen molar-refractivity contribution in [3.05, 3.63) is 58.5 Å². The Morgan fingerprint density at radius 3 is 2.75 bits per heavy atom. The minimum absolute atomic E-state index is 0.294. The maximum absolute atomic E-state index is 13.1. The molecule has 0 aliphatic carbocycles. The largest absolute Gasteiger partial charge is 0.481 e. The third-order valence-electron chi connectivity index (χ3n) is 2.94. The van der Waals surface area contributed by atoms with Crippen molar-refractivity contribution in [2.24, 2.45) is 0 Å². The van der Waals surface area contributed by atoms with Gasteiger partial charge in [0.15, 0.2) is 0 Å². The van der Waals surface area contributed by atoms with Crippen LogP contribution in [0.3, 0.4) is 0 Å². The predicted octanol–water partition coefficient (Wildman–Crippen LogP) is 3.03. The molecule has 3 nitrogen and oxygen atoms in total. The van der Waals surface area contributed by atoms with E-state index in [2.05, 4.69) is 4.98 Å². The normalized spacial score (nSPS) is 12.2. The highest BCUT2D eigenvalue weighted by atomic mass is 35.5. The zero-order chi connectivity index (χ0) is 14.5. The summed E-state index contributed by atoms with van der Waals surface area (Å²) in [6, 6.07) is 7.71. The number of benzene rings is 1. The van der Waals surface area contributed by atoms with Gasteiger partial charge >= 0.3 is 0 Å². The number of ether oxygens (including phenoxy) is 1. The maximum atomic E-state index is 13.1. The molecular formula is C15H15ClFNO2. The van der Waals surface area contributed by atoms with Crippen LogP contribution in [0.2, 0.25) is 5.02 Å². The first-order valence-corrected chi connectivity index (χ1v) is 6.57. The Kier molecular flexibility index (Phi) is 4.93. The van der Waals surface area contributed by atoms with Gasteiger partial charge in [0, 0.05) is 30.1 Å². The quantitative estimate of drug-likeness (QED) is 0.922. The topological polar surface area (TPSA) is 42.4 Å². The van der Waals surface area contributed by atoms with Crippen molar-refractivity contribution in [1.29, 1.82) is 0 Å². The van der Waals surface area contributed by atoms with Crippen molar-refractivity contribution >= 4 is 11.6 Å². The fourth-order valence-corrected chi connectivity index (χ4v) is 2.14. The first kappa shape index (κ1) is 14.8. The van der Waals surface area contributed by atoms with Gasteiger partial charge in [-0.3, -0.25) is 0 Å². The Morgan fingerprint density at radius 1 is 1.30 bits per heavy atom. The molecule has 5 heteroatoms. The van der Waals surface area contributed by atoms with Crippen LogP contribution in [0.1, 0.15) is 11.1 Å². The van der Waals surface area contributed by atoms with Crippen LogP contribution in [-0.2, 0) is 12.8 Å². The molecule has 1 atom stereocenters. The molecule has 1 N–H and O–H groups in total. The summed E-state index contributed by atoms with van der Waals surface area (Å²) in [5, 5.41) is 10.5. The first-order valence-electron chi connectivity index (χ1n) is 6.19. The van der Waals surface area contributed by atoms with Crippen LogP contribution in [0.4, 0.5) is 4.39 Å². The molecule has 2 rings (SSSR count). The summed E-state index contributed by atoms with van der Waals surface area (Å²) in [6.07, 6.45) is 1.71. The number of aromatic nitrogens is 1. The molecule has 0 aliphatic heterocycles. The molecule has 0 bridgehead atoms. The summed E-state index contributed by atoms with van der Waals surface area (Å²) < 4.78 is 18.1. The molecule has 0 amide bonds. The highest BCUT2D eigenvalue weighted by Gasteiger charge is 2.11. The van der Waals surface area contributed by atoms with Crippen molar-refractivity contribution in [3.63, 3.8) is 0 Å². The number of hydrogen-bond acceptors (Lipinski definition) is 3. The second kappa shape index (κ2) is 6.68. The van der Waals surface area contributed by atoms with Crippen LogP contribution in [0.15, 0.2) is 36.5 Å². The van der Waals surface area contributed by atoms with E-state index in [0.717, 1.165) is 5.56 Å². The molecule has 2 aromatic rings. The van der Waals surface area contributed by atoms with Gasteiger partial charge in [0.2, 0.25) is 5.88 Å². The van der Waals surface area contributed by atoms with E-state index < -0.39 is 6.10 Å². The Balaban J connectivity index is 2.00.